The molecule has 2 aromatic carbocycles. The molecule has 1 saturated carbocycles. The average Bonchev–Trinajstić information content (AvgIpc) is 3.17. The summed E-state index contributed by atoms with van der Waals surface area (Å²) in [7, 11) is 0. The minimum absolute atomic E-state index is 0.0641. The van der Waals surface area contributed by atoms with Crippen LogP contribution in [0.25, 0.3) is 11.1 Å². The van der Waals surface area contributed by atoms with Gasteiger partial charge < -0.3 is 14.6 Å². The van der Waals surface area contributed by atoms with Crippen LogP contribution in [-0.2, 0) is 14.3 Å². The lowest BCUT2D eigenvalue weighted by Gasteiger charge is -2.20. The van der Waals surface area contributed by atoms with Crippen molar-refractivity contribution in [2.24, 2.45) is 11.8 Å². The molecule has 0 unspecified atom stereocenters. The lowest BCUT2D eigenvalue weighted by molar-refractivity contribution is -0.141. The number of ether oxygens (including phenoxy) is 2. The first-order chi connectivity index (χ1) is 12.7. The second kappa shape index (κ2) is 6.92. The van der Waals surface area contributed by atoms with E-state index in [1.165, 1.54) is 0 Å². The second-order valence-corrected chi connectivity index (χ2v) is 6.87. The van der Waals surface area contributed by atoms with Gasteiger partial charge in [0.25, 0.3) is 0 Å². The molecule has 1 heterocycles. The smallest absolute Gasteiger partial charge is 0.338 e. The van der Waals surface area contributed by atoms with Crippen LogP contribution < -0.4 is 0 Å². The molecule has 0 bridgehead atoms. The normalized spacial score (nSPS) is 27.0. The van der Waals surface area contributed by atoms with Crippen LogP contribution in [0.3, 0.4) is 0 Å². The van der Waals surface area contributed by atoms with E-state index >= 15 is 0 Å². The highest BCUT2D eigenvalue weighted by Crippen LogP contribution is 2.42. The summed E-state index contributed by atoms with van der Waals surface area (Å²) in [5, 5.41) is 9.66. The quantitative estimate of drug-likeness (QED) is 0.857. The maximum absolute atomic E-state index is 12.5. The molecule has 26 heavy (non-hydrogen) atoms. The number of esters is 2. The molecule has 1 saturated heterocycles. The average molecular weight is 352 g/mol. The first-order valence-electron chi connectivity index (χ1n) is 8.82. The van der Waals surface area contributed by atoms with Crippen molar-refractivity contribution in [2.75, 3.05) is 6.61 Å². The van der Waals surface area contributed by atoms with Crippen LogP contribution in [0.2, 0.25) is 0 Å². The van der Waals surface area contributed by atoms with Crippen molar-refractivity contribution in [1.82, 2.24) is 0 Å². The number of aliphatic hydroxyl groups excluding tert-OH is 1. The monoisotopic (exact) mass is 352 g/mol. The molecular formula is C21H20O5. The summed E-state index contributed by atoms with van der Waals surface area (Å²) in [4.78, 5) is 23.9. The topological polar surface area (TPSA) is 72.8 Å². The molecule has 5 nitrogen and oxygen atoms in total. The summed E-state index contributed by atoms with van der Waals surface area (Å²) >= 11 is 0. The number of hydrogen-bond donors (Lipinski definition) is 1. The third kappa shape index (κ3) is 3.10. The van der Waals surface area contributed by atoms with Crippen LogP contribution in [0, 0.1) is 11.8 Å². The van der Waals surface area contributed by atoms with E-state index in [-0.39, 0.29) is 36.9 Å². The first kappa shape index (κ1) is 16.8. The van der Waals surface area contributed by atoms with Gasteiger partial charge in [-0.05, 0) is 23.3 Å². The maximum Gasteiger partial charge on any atom is 0.338 e. The Morgan fingerprint density at radius 1 is 1.08 bits per heavy atom. The van der Waals surface area contributed by atoms with E-state index in [9.17, 15) is 14.7 Å². The molecule has 1 N–H and O–H groups in total. The van der Waals surface area contributed by atoms with Crippen molar-refractivity contribution >= 4 is 11.9 Å². The Balaban J connectivity index is 1.44. The van der Waals surface area contributed by atoms with Crippen LogP contribution in [0.5, 0.6) is 0 Å². The molecule has 0 radical (unpaired) electrons. The number of fused-ring (bicyclic) bond motifs is 1. The van der Waals surface area contributed by atoms with E-state index in [1.807, 2.05) is 42.5 Å². The van der Waals surface area contributed by atoms with Crippen LogP contribution in [0.1, 0.15) is 23.2 Å². The lowest BCUT2D eigenvalue weighted by atomic mass is 9.93. The third-order valence-electron chi connectivity index (χ3n) is 5.35. The highest BCUT2D eigenvalue weighted by molar-refractivity contribution is 5.90. The molecule has 5 heteroatoms. The summed E-state index contributed by atoms with van der Waals surface area (Å²) in [6.07, 6.45) is 0.0628. The molecule has 134 valence electrons. The Morgan fingerprint density at radius 3 is 2.46 bits per heavy atom. The van der Waals surface area contributed by atoms with Crippen LogP contribution in [0.15, 0.2) is 54.6 Å². The fourth-order valence-electron chi connectivity index (χ4n) is 3.98. The Hall–Kier alpha value is -2.66. The van der Waals surface area contributed by atoms with E-state index in [4.69, 9.17) is 9.47 Å². The van der Waals surface area contributed by atoms with Crippen molar-refractivity contribution in [1.29, 1.82) is 0 Å². The first-order valence-corrected chi connectivity index (χ1v) is 8.82. The fourth-order valence-corrected chi connectivity index (χ4v) is 3.98. The number of aliphatic hydroxyl groups is 1. The molecule has 1 aliphatic carbocycles. The van der Waals surface area contributed by atoms with E-state index < -0.39 is 12.1 Å². The lowest BCUT2D eigenvalue weighted by Crippen LogP contribution is -2.28. The molecule has 4 rings (SSSR count). The van der Waals surface area contributed by atoms with E-state index in [0.29, 0.717) is 12.0 Å². The Labute approximate surface area is 151 Å². The SMILES string of the molecule is O=C1C[C@H]2[C@H](CO)[C@@H](OC(=O)c3ccc(-c4ccccc4)cc3)C[C@@H]2O1. The predicted octanol–water partition coefficient (Wildman–Crippen LogP) is 2.82. The zero-order valence-electron chi connectivity index (χ0n) is 14.2. The van der Waals surface area contributed by atoms with Crippen LogP contribution in [0.4, 0.5) is 0 Å². The van der Waals surface area contributed by atoms with Gasteiger partial charge in [-0.25, -0.2) is 4.79 Å². The van der Waals surface area contributed by atoms with Gasteiger partial charge in [0, 0.05) is 24.9 Å². The van der Waals surface area contributed by atoms with Gasteiger partial charge in [0.1, 0.15) is 12.2 Å². The minimum Gasteiger partial charge on any atom is -0.462 e. The molecule has 1 aliphatic heterocycles. The summed E-state index contributed by atoms with van der Waals surface area (Å²) in [6.45, 7) is -0.122. The second-order valence-electron chi connectivity index (χ2n) is 6.87. The molecule has 0 amide bonds. The largest absolute Gasteiger partial charge is 0.462 e. The number of rotatable bonds is 4. The molecule has 0 aromatic heterocycles. The molecular weight excluding hydrogens is 332 g/mol. The Morgan fingerprint density at radius 2 is 1.77 bits per heavy atom. The Bertz CT molecular complexity index is 799. The van der Waals surface area contributed by atoms with Gasteiger partial charge in [-0.2, -0.15) is 0 Å². The molecule has 2 fully saturated rings. The zero-order valence-corrected chi connectivity index (χ0v) is 14.2. The van der Waals surface area contributed by atoms with Crippen LogP contribution >= 0.6 is 0 Å². The number of carbonyl (C=O) groups is 2. The third-order valence-corrected chi connectivity index (χ3v) is 5.35. The van der Waals surface area contributed by atoms with Crippen molar-refractivity contribution in [2.45, 2.75) is 25.0 Å². The van der Waals surface area contributed by atoms with Gasteiger partial charge in [-0.1, -0.05) is 42.5 Å². The summed E-state index contributed by atoms with van der Waals surface area (Å²) in [6, 6.07) is 17.2. The number of carbonyl (C=O) groups excluding carboxylic acids is 2. The van der Waals surface area contributed by atoms with E-state index in [1.54, 1.807) is 12.1 Å². The van der Waals surface area contributed by atoms with Gasteiger partial charge in [-0.3, -0.25) is 4.79 Å². The van der Waals surface area contributed by atoms with Gasteiger partial charge in [0.2, 0.25) is 0 Å². The standard InChI is InChI=1S/C21H20O5/c22-12-17-16-10-20(23)25-18(16)11-19(17)26-21(24)15-8-6-14(7-9-15)13-4-2-1-3-5-13/h1-9,16-19,22H,10-12H2/t16-,17-,18-,19-/m0/s1. The Kier molecular flexibility index (Phi) is 4.47. The van der Waals surface area contributed by atoms with Crippen molar-refractivity contribution in [3.05, 3.63) is 60.2 Å². The summed E-state index contributed by atoms with van der Waals surface area (Å²) in [5.74, 6) is -0.969. The van der Waals surface area contributed by atoms with Crippen LogP contribution in [-0.4, -0.2) is 35.9 Å². The zero-order chi connectivity index (χ0) is 18.1. The summed E-state index contributed by atoms with van der Waals surface area (Å²) in [5.41, 5.74) is 2.58. The number of hydrogen-bond acceptors (Lipinski definition) is 5. The predicted molar refractivity (Wildman–Crippen MR) is 94.3 cm³/mol. The maximum atomic E-state index is 12.5. The molecule has 2 aromatic rings. The minimum atomic E-state index is -0.426. The highest BCUT2D eigenvalue weighted by Gasteiger charge is 2.51. The number of benzene rings is 2. The van der Waals surface area contributed by atoms with Gasteiger partial charge in [0.05, 0.1) is 12.0 Å². The van der Waals surface area contributed by atoms with Gasteiger partial charge in [0.15, 0.2) is 0 Å². The van der Waals surface area contributed by atoms with Crippen molar-refractivity contribution in [3.63, 3.8) is 0 Å². The van der Waals surface area contributed by atoms with E-state index in [0.717, 1.165) is 11.1 Å². The molecule has 0 spiro atoms. The molecule has 4 atom stereocenters. The van der Waals surface area contributed by atoms with Gasteiger partial charge in [-0.15, -0.1) is 0 Å². The summed E-state index contributed by atoms with van der Waals surface area (Å²) < 4.78 is 10.9. The highest BCUT2D eigenvalue weighted by atomic mass is 16.6. The van der Waals surface area contributed by atoms with Crippen molar-refractivity contribution < 1.29 is 24.2 Å². The van der Waals surface area contributed by atoms with Crippen molar-refractivity contribution in [3.8, 4) is 11.1 Å². The van der Waals surface area contributed by atoms with E-state index in [2.05, 4.69) is 0 Å². The van der Waals surface area contributed by atoms with Gasteiger partial charge >= 0.3 is 11.9 Å². The fraction of sp³-hybridized carbons (Fsp3) is 0.333. The molecule has 2 aliphatic rings.